The molecule has 0 aromatic heterocycles. The normalized spacial score (nSPS) is 22.2. The Bertz CT molecular complexity index is 798. The molecule has 2 atom stereocenters. The molecule has 3 rings (SSSR count). The summed E-state index contributed by atoms with van der Waals surface area (Å²) in [5.41, 5.74) is 0.723. The van der Waals surface area contributed by atoms with Gasteiger partial charge < -0.3 is 19.7 Å². The van der Waals surface area contributed by atoms with Gasteiger partial charge in [-0.25, -0.2) is 4.79 Å². The fraction of sp³-hybridized carbons (Fsp3) is 0.526. The first kappa shape index (κ1) is 20.5. The zero-order valence-electron chi connectivity index (χ0n) is 16.6. The zero-order valence-corrected chi connectivity index (χ0v) is 17.8. The molecule has 1 aromatic rings. The maximum absolute atomic E-state index is 13.3. The van der Waals surface area contributed by atoms with Crippen molar-refractivity contribution in [3.05, 3.63) is 23.8 Å². The second kappa shape index (κ2) is 8.42. The third-order valence-corrected chi connectivity index (χ3v) is 5.51. The summed E-state index contributed by atoms with van der Waals surface area (Å²) in [6, 6.07) is 5.15. The summed E-state index contributed by atoms with van der Waals surface area (Å²) >= 11 is 2.69. The van der Waals surface area contributed by atoms with Crippen LogP contribution in [0.2, 0.25) is 0 Å². The van der Waals surface area contributed by atoms with Crippen molar-refractivity contribution in [3.63, 3.8) is 0 Å². The molecule has 2 heterocycles. The molecule has 148 valence electrons. The van der Waals surface area contributed by atoms with E-state index in [-0.39, 0.29) is 35.5 Å². The molecule has 1 fully saturated rings. The number of benzene rings is 1. The number of rotatable bonds is 4. The van der Waals surface area contributed by atoms with Crippen molar-refractivity contribution in [2.75, 3.05) is 26.7 Å². The van der Waals surface area contributed by atoms with Crippen molar-refractivity contribution in [2.45, 2.75) is 37.8 Å². The molecular formula is C19H25AlN4O4. The van der Waals surface area contributed by atoms with Crippen molar-refractivity contribution in [1.82, 2.24) is 15.1 Å². The molecule has 3 amide bonds. The molecule has 8 nitrogen and oxygen atoms in total. The van der Waals surface area contributed by atoms with Crippen LogP contribution in [0.25, 0.3) is 0 Å². The van der Waals surface area contributed by atoms with E-state index in [1.165, 1.54) is 0 Å². The Hall–Kier alpha value is -2.24. The third-order valence-electron chi connectivity index (χ3n) is 4.65. The first-order chi connectivity index (χ1) is 13.3. The van der Waals surface area contributed by atoms with Crippen LogP contribution in [-0.4, -0.2) is 87.7 Å². The lowest BCUT2D eigenvalue weighted by Crippen LogP contribution is -2.57. The van der Waals surface area contributed by atoms with E-state index >= 15 is 0 Å². The highest BCUT2D eigenvalue weighted by Crippen LogP contribution is 2.31. The minimum atomic E-state index is -0.232. The Morgan fingerprint density at radius 1 is 1.39 bits per heavy atom. The quantitative estimate of drug-likeness (QED) is 0.764. The van der Waals surface area contributed by atoms with Crippen LogP contribution in [0.5, 0.6) is 11.5 Å². The van der Waals surface area contributed by atoms with E-state index in [4.69, 9.17) is 14.5 Å². The Labute approximate surface area is 173 Å². The lowest BCUT2D eigenvalue weighted by molar-refractivity contribution is -0.123. The van der Waals surface area contributed by atoms with Crippen LogP contribution < -0.4 is 14.8 Å². The van der Waals surface area contributed by atoms with Crippen LogP contribution in [0, 0.1) is 0 Å². The van der Waals surface area contributed by atoms with Crippen LogP contribution in [0.3, 0.4) is 0 Å². The number of ether oxygens (including phenoxy) is 2. The second-order valence-corrected chi connectivity index (χ2v) is 7.82. The molecule has 0 spiro atoms. The van der Waals surface area contributed by atoms with E-state index in [9.17, 15) is 9.59 Å². The molecule has 1 saturated heterocycles. The predicted octanol–water partition coefficient (Wildman–Crippen LogP) is 0.980. The largest absolute Gasteiger partial charge is 0.497 e. The van der Waals surface area contributed by atoms with Crippen LogP contribution in [0.15, 0.2) is 23.2 Å². The molecule has 2 aliphatic rings. The number of nitrogens with zero attached hydrogens (tertiary/aromatic N) is 3. The van der Waals surface area contributed by atoms with E-state index in [0.29, 0.717) is 30.4 Å². The van der Waals surface area contributed by atoms with Crippen LogP contribution in [0.1, 0.15) is 26.3 Å². The topological polar surface area (TPSA) is 83.5 Å². The number of piperazine rings is 1. The molecule has 9 heteroatoms. The Morgan fingerprint density at radius 2 is 2.14 bits per heavy atom. The van der Waals surface area contributed by atoms with Gasteiger partial charge in [-0.1, -0.05) is 0 Å². The van der Waals surface area contributed by atoms with E-state index in [1.54, 1.807) is 23.0 Å². The number of nitrogens with one attached hydrogen (secondary N) is 1. The van der Waals surface area contributed by atoms with Gasteiger partial charge in [0.1, 0.15) is 23.9 Å². The van der Waals surface area contributed by atoms with Gasteiger partial charge >= 0.3 is 6.03 Å². The number of carbonyl (C=O) groups excluding carboxylic acids is 2. The van der Waals surface area contributed by atoms with Gasteiger partial charge in [-0.05, 0) is 37.8 Å². The van der Waals surface area contributed by atoms with E-state index in [2.05, 4.69) is 21.6 Å². The van der Waals surface area contributed by atoms with Gasteiger partial charge in [-0.3, -0.25) is 14.7 Å². The Balaban J connectivity index is 1.98. The van der Waals surface area contributed by atoms with Crippen LogP contribution in [0.4, 0.5) is 4.79 Å². The number of methoxy groups -OCH3 is 1. The second-order valence-electron chi connectivity index (χ2n) is 7.14. The Kier molecular flexibility index (Phi) is 6.16. The summed E-state index contributed by atoms with van der Waals surface area (Å²) in [7, 11) is 1.60. The van der Waals surface area contributed by atoms with Gasteiger partial charge in [-0.15, -0.1) is 0 Å². The standard InChI is InChI=1S/C19H25N4O4.Al/c1-12(2)27-16-9-14(26-4)5-6-15(16)18-21-13(3)10-23(18)19(25)22-8-7-20-17(24)11-22;/h5-6,9-10,12-13H,7-8,11H2,1-4H3,(H,20,24);. The molecule has 0 saturated carbocycles. The summed E-state index contributed by atoms with van der Waals surface area (Å²) in [6.45, 7) is 6.81. The summed E-state index contributed by atoms with van der Waals surface area (Å²) < 4.78 is 11.3. The van der Waals surface area contributed by atoms with Crippen molar-refractivity contribution in [1.29, 1.82) is 0 Å². The van der Waals surface area contributed by atoms with Crippen molar-refractivity contribution >= 4 is 34.1 Å². The highest BCUT2D eigenvalue weighted by Gasteiger charge is 2.38. The minimum Gasteiger partial charge on any atom is -0.497 e. The minimum absolute atomic E-state index is 0.0480. The van der Waals surface area contributed by atoms with E-state index < -0.39 is 0 Å². The molecule has 1 N–H and O–H groups in total. The average Bonchev–Trinajstić information content (AvgIpc) is 2.95. The SMILES string of the molecule is COc1ccc(C2=NC(C)[CH]([Al])N2C(=O)N2CCNC(=O)C2)c(OC(C)C)c1. The third kappa shape index (κ3) is 4.11. The Morgan fingerprint density at radius 3 is 2.79 bits per heavy atom. The first-order valence-corrected chi connectivity index (χ1v) is 10.0. The smallest absolute Gasteiger partial charge is 0.325 e. The molecule has 2 radical (unpaired) electrons. The molecule has 0 bridgehead atoms. The van der Waals surface area contributed by atoms with Gasteiger partial charge in [0.05, 0.1) is 24.8 Å². The van der Waals surface area contributed by atoms with Crippen molar-refractivity contribution < 1.29 is 19.1 Å². The van der Waals surface area contributed by atoms with E-state index in [1.807, 2.05) is 32.9 Å². The predicted molar refractivity (Wildman–Crippen MR) is 106 cm³/mol. The number of hydrogen-bond acceptors (Lipinski definition) is 5. The number of amides is 3. The summed E-state index contributed by atoms with van der Waals surface area (Å²) in [5.74, 6) is 1.66. The van der Waals surface area contributed by atoms with Crippen molar-refractivity contribution in [3.8, 4) is 11.5 Å². The van der Waals surface area contributed by atoms with Crippen LogP contribution >= 0.6 is 0 Å². The maximum Gasteiger partial charge on any atom is 0.325 e. The molecule has 2 aliphatic heterocycles. The number of carbonyl (C=O) groups is 2. The van der Waals surface area contributed by atoms with Gasteiger partial charge in [0, 0.05) is 19.2 Å². The van der Waals surface area contributed by atoms with Gasteiger partial charge in [0.15, 0.2) is 16.3 Å². The fourth-order valence-electron chi connectivity index (χ4n) is 3.23. The van der Waals surface area contributed by atoms with Crippen molar-refractivity contribution in [2.24, 2.45) is 4.99 Å². The fourth-order valence-corrected chi connectivity index (χ4v) is 3.58. The lowest BCUT2D eigenvalue weighted by Gasteiger charge is -2.34. The molecule has 1 aromatic carbocycles. The summed E-state index contributed by atoms with van der Waals surface area (Å²) in [4.78, 5) is 32.7. The lowest BCUT2D eigenvalue weighted by atomic mass is 10.1. The summed E-state index contributed by atoms with van der Waals surface area (Å²) in [6.07, 6.45) is -0.0491. The first-order valence-electron chi connectivity index (χ1n) is 9.35. The highest BCUT2D eigenvalue weighted by atomic mass is 27.0. The maximum atomic E-state index is 13.3. The molecule has 0 aliphatic carbocycles. The van der Waals surface area contributed by atoms with Crippen LogP contribution in [-0.2, 0) is 4.79 Å². The monoisotopic (exact) mass is 400 g/mol. The number of amidine groups is 1. The zero-order chi connectivity index (χ0) is 20.4. The molecular weight excluding hydrogens is 375 g/mol. The van der Waals surface area contributed by atoms with Gasteiger partial charge in [0.2, 0.25) is 5.91 Å². The number of urea groups is 1. The summed E-state index contributed by atoms with van der Waals surface area (Å²) in [5, 5.41) is 2.74. The molecule has 2 unspecified atom stereocenters. The van der Waals surface area contributed by atoms with Gasteiger partial charge in [-0.2, -0.15) is 0 Å². The van der Waals surface area contributed by atoms with E-state index in [0.717, 1.165) is 5.56 Å². The average molecular weight is 400 g/mol. The van der Waals surface area contributed by atoms with Gasteiger partial charge in [0.25, 0.3) is 0 Å². The number of aliphatic imine (C=N–C) groups is 1. The highest BCUT2D eigenvalue weighted by molar-refractivity contribution is 6.21. The molecule has 28 heavy (non-hydrogen) atoms. The number of hydrogen-bond donors (Lipinski definition) is 1.